The second-order valence-electron chi connectivity index (χ2n) is 6.56. The highest BCUT2D eigenvalue weighted by atomic mass is 16.3. The molecule has 0 aliphatic carbocycles. The zero-order chi connectivity index (χ0) is 18.9. The van der Waals surface area contributed by atoms with Crippen molar-refractivity contribution in [3.8, 4) is 0 Å². The van der Waals surface area contributed by atoms with Crippen molar-refractivity contribution in [1.82, 2.24) is 15.0 Å². The zero-order valence-corrected chi connectivity index (χ0v) is 14.9. The number of fused-ring (bicyclic) bond motifs is 1. The number of carbonyl (C=O) groups is 1. The number of carbonyl (C=O) groups excluding carboxylic acids is 1. The van der Waals surface area contributed by atoms with Crippen molar-refractivity contribution in [2.75, 3.05) is 0 Å². The molecule has 4 aromatic rings. The second kappa shape index (κ2) is 6.74. The lowest BCUT2D eigenvalue weighted by Gasteiger charge is -2.21. The van der Waals surface area contributed by atoms with Crippen LogP contribution in [0.15, 0.2) is 88.8 Å². The molecule has 0 bridgehead atoms. The smallest absolute Gasteiger partial charge is 0.310 e. The Balaban J connectivity index is 1.56. The van der Waals surface area contributed by atoms with Crippen LogP contribution in [0.25, 0.3) is 11.0 Å². The van der Waals surface area contributed by atoms with Gasteiger partial charge in [0, 0.05) is 24.4 Å². The van der Waals surface area contributed by atoms with Crippen molar-refractivity contribution in [1.29, 1.82) is 0 Å². The van der Waals surface area contributed by atoms with Crippen molar-refractivity contribution in [3.63, 3.8) is 0 Å². The third-order valence-electron chi connectivity index (χ3n) is 4.84. The van der Waals surface area contributed by atoms with E-state index in [4.69, 9.17) is 4.42 Å². The van der Waals surface area contributed by atoms with Crippen LogP contribution in [0.4, 0.5) is 0 Å². The predicted octanol–water partition coefficient (Wildman–Crippen LogP) is 4.21. The van der Waals surface area contributed by atoms with Gasteiger partial charge in [0.05, 0.1) is 29.1 Å². The van der Waals surface area contributed by atoms with Gasteiger partial charge in [-0.25, -0.2) is 5.01 Å². The maximum absolute atomic E-state index is 13.0. The lowest BCUT2D eigenvalue weighted by atomic mass is 9.98. The van der Waals surface area contributed by atoms with Crippen molar-refractivity contribution in [2.45, 2.75) is 12.5 Å². The van der Waals surface area contributed by atoms with Gasteiger partial charge in [-0.1, -0.05) is 36.4 Å². The second-order valence-corrected chi connectivity index (χ2v) is 6.56. The fraction of sp³-hybridized carbons (Fsp3) is 0.0909. The molecule has 1 aliphatic heterocycles. The molecule has 2 aromatic carbocycles. The van der Waals surface area contributed by atoms with E-state index in [9.17, 15) is 4.79 Å². The molecule has 6 nitrogen and oxygen atoms in total. The fourth-order valence-corrected chi connectivity index (χ4v) is 3.46. The summed E-state index contributed by atoms with van der Waals surface area (Å²) in [6.45, 7) is 0. The third-order valence-corrected chi connectivity index (χ3v) is 4.84. The Kier molecular flexibility index (Phi) is 3.94. The Morgan fingerprint density at radius 3 is 2.57 bits per heavy atom. The van der Waals surface area contributed by atoms with Crippen LogP contribution in [0, 0.1) is 0 Å². The Bertz CT molecular complexity index is 1170. The normalized spacial score (nSPS) is 16.4. The molecule has 28 heavy (non-hydrogen) atoms. The quantitative estimate of drug-likeness (QED) is 0.543. The first-order chi connectivity index (χ1) is 13.8. The summed E-state index contributed by atoms with van der Waals surface area (Å²) >= 11 is 0. The summed E-state index contributed by atoms with van der Waals surface area (Å²) in [7, 11) is 0. The molecule has 5 rings (SSSR count). The van der Waals surface area contributed by atoms with Crippen LogP contribution in [-0.2, 0) is 0 Å². The first-order valence-electron chi connectivity index (χ1n) is 9.00. The van der Waals surface area contributed by atoms with E-state index in [1.54, 1.807) is 24.5 Å². The first kappa shape index (κ1) is 16.4. The van der Waals surface area contributed by atoms with Gasteiger partial charge in [0.2, 0.25) is 0 Å². The molecule has 1 aliphatic rings. The number of benzene rings is 2. The van der Waals surface area contributed by atoms with Gasteiger partial charge >= 0.3 is 5.91 Å². The number of hydrogen-bond acceptors (Lipinski definition) is 5. The molecule has 6 heteroatoms. The summed E-state index contributed by atoms with van der Waals surface area (Å²) in [6, 6.07) is 18.9. The molecule has 0 N–H and O–H groups in total. The molecule has 0 fully saturated rings. The Morgan fingerprint density at radius 2 is 1.79 bits per heavy atom. The van der Waals surface area contributed by atoms with E-state index < -0.39 is 0 Å². The summed E-state index contributed by atoms with van der Waals surface area (Å²) in [4.78, 5) is 21.7. The molecule has 2 aromatic heterocycles. The van der Waals surface area contributed by atoms with E-state index in [0.29, 0.717) is 6.42 Å². The topological polar surface area (TPSA) is 71.6 Å². The maximum atomic E-state index is 13.0. The zero-order valence-electron chi connectivity index (χ0n) is 14.9. The highest BCUT2D eigenvalue weighted by Gasteiger charge is 2.34. The Hall–Kier alpha value is -3.80. The van der Waals surface area contributed by atoms with E-state index in [1.165, 1.54) is 11.3 Å². The maximum Gasteiger partial charge on any atom is 0.310 e. The number of rotatable bonds is 3. The standard InChI is InChI=1S/C22H16N4O2/c27-22(21-7-4-12-28-21)26-20(15-5-2-1-3-6-15)14-18(25-26)16-8-9-17-19(13-16)24-11-10-23-17/h1-13,20H,14H2/t20-/m0/s1. The van der Waals surface area contributed by atoms with E-state index in [2.05, 4.69) is 15.1 Å². The number of amides is 1. The molecule has 3 heterocycles. The molecular weight excluding hydrogens is 352 g/mol. The molecule has 0 spiro atoms. The van der Waals surface area contributed by atoms with Crippen molar-refractivity contribution >= 4 is 22.7 Å². The highest BCUT2D eigenvalue weighted by molar-refractivity contribution is 6.06. The van der Waals surface area contributed by atoms with Gasteiger partial charge < -0.3 is 4.42 Å². The van der Waals surface area contributed by atoms with E-state index in [1.807, 2.05) is 48.5 Å². The molecular formula is C22H16N4O2. The molecule has 0 saturated heterocycles. The van der Waals surface area contributed by atoms with Gasteiger partial charge in [-0.3, -0.25) is 14.8 Å². The minimum absolute atomic E-state index is 0.189. The molecule has 0 radical (unpaired) electrons. The first-order valence-corrected chi connectivity index (χ1v) is 9.00. The van der Waals surface area contributed by atoms with Crippen LogP contribution in [0.1, 0.15) is 34.1 Å². The Labute approximate surface area is 161 Å². The van der Waals surface area contributed by atoms with Crippen molar-refractivity contribution in [3.05, 3.63) is 96.2 Å². The average Bonchev–Trinajstić information content (AvgIpc) is 3.44. The molecule has 136 valence electrons. The van der Waals surface area contributed by atoms with Crippen molar-refractivity contribution < 1.29 is 9.21 Å². The summed E-state index contributed by atoms with van der Waals surface area (Å²) in [6.07, 6.45) is 5.45. The van der Waals surface area contributed by atoms with Crippen molar-refractivity contribution in [2.24, 2.45) is 5.10 Å². The molecule has 0 unspecified atom stereocenters. The number of furan rings is 1. The molecule has 1 atom stereocenters. The summed E-state index contributed by atoms with van der Waals surface area (Å²) in [5.74, 6) is 0.0183. The van der Waals surface area contributed by atoms with Crippen LogP contribution in [0.2, 0.25) is 0 Å². The fourth-order valence-electron chi connectivity index (χ4n) is 3.46. The SMILES string of the molecule is O=C(c1ccco1)N1N=C(c2ccc3nccnc3c2)C[C@H]1c1ccccc1. The lowest BCUT2D eigenvalue weighted by Crippen LogP contribution is -2.26. The van der Waals surface area contributed by atoms with Crippen LogP contribution >= 0.6 is 0 Å². The van der Waals surface area contributed by atoms with Gasteiger partial charge in [-0.05, 0) is 29.8 Å². The van der Waals surface area contributed by atoms with Crippen LogP contribution in [0.3, 0.4) is 0 Å². The van der Waals surface area contributed by atoms with Gasteiger partial charge in [0.15, 0.2) is 5.76 Å². The van der Waals surface area contributed by atoms with E-state index >= 15 is 0 Å². The molecule has 1 amide bonds. The van der Waals surface area contributed by atoms with Gasteiger partial charge in [0.1, 0.15) is 0 Å². The summed E-state index contributed by atoms with van der Waals surface area (Å²) in [5, 5.41) is 6.19. The summed E-state index contributed by atoms with van der Waals surface area (Å²) in [5.41, 5.74) is 4.43. The van der Waals surface area contributed by atoms with Crippen LogP contribution < -0.4 is 0 Å². The highest BCUT2D eigenvalue weighted by Crippen LogP contribution is 2.34. The minimum Gasteiger partial charge on any atom is -0.459 e. The largest absolute Gasteiger partial charge is 0.459 e. The number of hydrazone groups is 1. The van der Waals surface area contributed by atoms with Gasteiger partial charge in [-0.2, -0.15) is 5.10 Å². The predicted molar refractivity (Wildman–Crippen MR) is 105 cm³/mol. The van der Waals surface area contributed by atoms with Crippen LogP contribution in [0.5, 0.6) is 0 Å². The third kappa shape index (κ3) is 2.85. The number of hydrogen-bond donors (Lipinski definition) is 0. The lowest BCUT2D eigenvalue weighted by molar-refractivity contribution is 0.0678. The summed E-state index contributed by atoms with van der Waals surface area (Å²) < 4.78 is 5.31. The van der Waals surface area contributed by atoms with Gasteiger partial charge in [-0.15, -0.1) is 0 Å². The van der Waals surface area contributed by atoms with E-state index in [0.717, 1.165) is 27.9 Å². The van der Waals surface area contributed by atoms with Gasteiger partial charge in [0.25, 0.3) is 0 Å². The number of aromatic nitrogens is 2. The minimum atomic E-state index is -0.255. The molecule has 0 saturated carbocycles. The Morgan fingerprint density at radius 1 is 0.964 bits per heavy atom. The van der Waals surface area contributed by atoms with Crippen LogP contribution in [-0.4, -0.2) is 26.6 Å². The van der Waals surface area contributed by atoms with E-state index in [-0.39, 0.29) is 17.7 Å². The number of nitrogens with zero attached hydrogens (tertiary/aromatic N) is 4. The average molecular weight is 368 g/mol. The monoisotopic (exact) mass is 368 g/mol.